The second kappa shape index (κ2) is 4.80. The number of halogens is 3. The van der Waals surface area contributed by atoms with Crippen LogP contribution in [0.2, 0.25) is 0 Å². The second-order valence-corrected chi connectivity index (χ2v) is 5.73. The van der Waals surface area contributed by atoms with Crippen molar-refractivity contribution in [3.63, 3.8) is 0 Å². The lowest BCUT2D eigenvalue weighted by Gasteiger charge is -2.29. The van der Waals surface area contributed by atoms with E-state index in [1.807, 2.05) is 0 Å². The van der Waals surface area contributed by atoms with Crippen molar-refractivity contribution in [2.24, 2.45) is 0 Å². The Bertz CT molecular complexity index is 830. The highest BCUT2D eigenvalue weighted by atomic mass is 32.2. The number of carboxylic acid groups (broad SMARTS) is 1. The first kappa shape index (κ1) is 14.0. The number of aromatic nitrogens is 1. The van der Waals surface area contributed by atoms with Crippen LogP contribution in [0.15, 0.2) is 17.1 Å². The average molecular weight is 315 g/mol. The second-order valence-electron chi connectivity index (χ2n) is 4.66. The van der Waals surface area contributed by atoms with Gasteiger partial charge in [0.15, 0.2) is 17.5 Å². The van der Waals surface area contributed by atoms with Crippen LogP contribution in [0.3, 0.4) is 0 Å². The predicted molar refractivity (Wildman–Crippen MR) is 71.4 cm³/mol. The van der Waals surface area contributed by atoms with Crippen LogP contribution < -0.4 is 5.43 Å². The first-order valence-corrected chi connectivity index (χ1v) is 7.10. The summed E-state index contributed by atoms with van der Waals surface area (Å²) in [5.41, 5.74) is -2.02. The first-order valence-electron chi connectivity index (χ1n) is 5.95. The van der Waals surface area contributed by atoms with Crippen molar-refractivity contribution in [3.05, 3.63) is 45.5 Å². The Morgan fingerprint density at radius 2 is 1.95 bits per heavy atom. The number of carbonyl (C=O) groups is 1. The van der Waals surface area contributed by atoms with Gasteiger partial charge in [-0.3, -0.25) is 4.79 Å². The average Bonchev–Trinajstić information content (AvgIpc) is 2.36. The summed E-state index contributed by atoms with van der Waals surface area (Å²) in [6.45, 7) is 0. The van der Waals surface area contributed by atoms with Crippen molar-refractivity contribution in [2.45, 2.75) is 6.04 Å². The number of carboxylic acids is 1. The number of rotatable bonds is 2. The van der Waals surface area contributed by atoms with Gasteiger partial charge in [0.05, 0.1) is 16.9 Å². The molecule has 8 heteroatoms. The highest BCUT2D eigenvalue weighted by Gasteiger charge is 2.27. The zero-order valence-electron chi connectivity index (χ0n) is 10.4. The number of thioether (sulfide) groups is 1. The number of fused-ring (bicyclic) bond motifs is 1. The summed E-state index contributed by atoms with van der Waals surface area (Å²) in [6.07, 6.45) is 0.998. The lowest BCUT2D eigenvalue weighted by Crippen LogP contribution is -2.28. The topological polar surface area (TPSA) is 59.3 Å². The fraction of sp³-hybridized carbons (Fsp3) is 0.231. The van der Waals surface area contributed by atoms with Crippen LogP contribution in [-0.2, 0) is 0 Å². The molecule has 0 bridgehead atoms. The molecule has 4 nitrogen and oxygen atoms in total. The number of hydrogen-bond donors (Lipinski definition) is 1. The fourth-order valence-electron chi connectivity index (χ4n) is 2.24. The molecule has 3 rings (SSSR count). The van der Waals surface area contributed by atoms with Gasteiger partial charge in [-0.1, -0.05) is 0 Å². The van der Waals surface area contributed by atoms with Gasteiger partial charge in [0.2, 0.25) is 5.43 Å². The minimum absolute atomic E-state index is 0.254. The third-order valence-corrected chi connectivity index (χ3v) is 4.64. The van der Waals surface area contributed by atoms with Crippen LogP contribution in [-0.4, -0.2) is 27.1 Å². The Hall–Kier alpha value is -1.96. The molecular formula is C13H8F3NO3S. The molecule has 110 valence electrons. The number of nitrogens with zero attached hydrogens (tertiary/aromatic N) is 1. The number of hydrogen-bond acceptors (Lipinski definition) is 3. The molecule has 0 amide bonds. The van der Waals surface area contributed by atoms with E-state index in [4.69, 9.17) is 5.11 Å². The molecule has 0 aliphatic carbocycles. The highest BCUT2D eigenvalue weighted by molar-refractivity contribution is 8.00. The minimum atomic E-state index is -1.68. The molecular weight excluding hydrogens is 307 g/mol. The Labute approximate surface area is 120 Å². The summed E-state index contributed by atoms with van der Waals surface area (Å²) < 4.78 is 42.0. The summed E-state index contributed by atoms with van der Waals surface area (Å²) in [5, 5.41) is 8.57. The van der Waals surface area contributed by atoms with Gasteiger partial charge < -0.3 is 9.67 Å². The van der Waals surface area contributed by atoms with E-state index in [2.05, 4.69) is 0 Å². The van der Waals surface area contributed by atoms with Gasteiger partial charge in [-0.15, -0.1) is 0 Å². The SMILES string of the molecule is O=C(O)c1cn(C2CSC2)c2c(F)c(F)c(F)cc2c1=O. The number of benzene rings is 1. The van der Waals surface area contributed by atoms with Crippen LogP contribution in [0, 0.1) is 17.5 Å². The Balaban J connectivity index is 2.48. The maximum Gasteiger partial charge on any atom is 0.341 e. The van der Waals surface area contributed by atoms with Crippen molar-refractivity contribution in [1.82, 2.24) is 4.57 Å². The van der Waals surface area contributed by atoms with Crippen LogP contribution in [0.5, 0.6) is 0 Å². The Morgan fingerprint density at radius 3 is 2.48 bits per heavy atom. The quantitative estimate of drug-likeness (QED) is 0.865. The lowest BCUT2D eigenvalue weighted by atomic mass is 10.1. The van der Waals surface area contributed by atoms with Gasteiger partial charge in [0.1, 0.15) is 5.56 Å². The molecule has 1 saturated heterocycles. The van der Waals surface area contributed by atoms with Gasteiger partial charge >= 0.3 is 5.97 Å². The fourth-order valence-corrected chi connectivity index (χ4v) is 3.01. The lowest BCUT2D eigenvalue weighted by molar-refractivity contribution is 0.0694. The van der Waals surface area contributed by atoms with E-state index < -0.39 is 45.3 Å². The minimum Gasteiger partial charge on any atom is -0.477 e. The van der Waals surface area contributed by atoms with Crippen molar-refractivity contribution in [3.8, 4) is 0 Å². The molecule has 1 N–H and O–H groups in total. The largest absolute Gasteiger partial charge is 0.477 e. The molecule has 2 aromatic rings. The molecule has 0 atom stereocenters. The zero-order chi connectivity index (χ0) is 15.3. The number of pyridine rings is 1. The summed E-state index contributed by atoms with van der Waals surface area (Å²) in [7, 11) is 0. The van der Waals surface area contributed by atoms with Crippen molar-refractivity contribution in [2.75, 3.05) is 11.5 Å². The van der Waals surface area contributed by atoms with Crippen molar-refractivity contribution < 1.29 is 23.1 Å². The van der Waals surface area contributed by atoms with E-state index in [1.54, 1.807) is 11.8 Å². The van der Waals surface area contributed by atoms with Crippen LogP contribution in [0.1, 0.15) is 16.4 Å². The van der Waals surface area contributed by atoms with E-state index in [9.17, 15) is 22.8 Å². The van der Waals surface area contributed by atoms with E-state index in [-0.39, 0.29) is 6.04 Å². The van der Waals surface area contributed by atoms with E-state index in [0.29, 0.717) is 17.6 Å². The zero-order valence-corrected chi connectivity index (χ0v) is 11.2. The smallest absolute Gasteiger partial charge is 0.341 e. The molecule has 1 aromatic heterocycles. The van der Waals surface area contributed by atoms with E-state index in [1.165, 1.54) is 4.57 Å². The molecule has 0 unspecified atom stereocenters. The monoisotopic (exact) mass is 315 g/mol. The van der Waals surface area contributed by atoms with Gasteiger partial charge in [-0.05, 0) is 6.07 Å². The molecule has 0 radical (unpaired) electrons. The van der Waals surface area contributed by atoms with Crippen LogP contribution >= 0.6 is 11.8 Å². The molecule has 1 aliphatic heterocycles. The van der Waals surface area contributed by atoms with Gasteiger partial charge in [0, 0.05) is 17.7 Å². The third-order valence-electron chi connectivity index (χ3n) is 3.40. The number of aromatic carboxylic acids is 1. The van der Waals surface area contributed by atoms with Gasteiger partial charge in [0.25, 0.3) is 0 Å². The molecule has 0 spiro atoms. The van der Waals surface area contributed by atoms with Crippen molar-refractivity contribution >= 4 is 28.6 Å². The third kappa shape index (κ3) is 2.01. The molecule has 2 heterocycles. The summed E-state index contributed by atoms with van der Waals surface area (Å²) in [5.74, 6) is -5.01. The molecule has 21 heavy (non-hydrogen) atoms. The van der Waals surface area contributed by atoms with Gasteiger partial charge in [-0.25, -0.2) is 18.0 Å². The molecule has 1 fully saturated rings. The van der Waals surface area contributed by atoms with Crippen LogP contribution in [0.4, 0.5) is 13.2 Å². The Morgan fingerprint density at radius 1 is 1.29 bits per heavy atom. The summed E-state index contributed by atoms with van der Waals surface area (Å²) >= 11 is 1.54. The molecule has 1 aliphatic rings. The van der Waals surface area contributed by atoms with E-state index >= 15 is 0 Å². The summed E-state index contributed by atoms with van der Waals surface area (Å²) in [6, 6.07) is 0.292. The molecule has 1 aromatic carbocycles. The standard InChI is InChI=1S/C13H8F3NO3S/c14-8-1-6-11(10(16)9(8)15)17(5-3-21-4-5)2-7(12(6)18)13(19)20/h1-2,5H,3-4H2,(H,19,20). The van der Waals surface area contributed by atoms with Crippen molar-refractivity contribution in [1.29, 1.82) is 0 Å². The Kier molecular flexibility index (Phi) is 3.20. The first-order chi connectivity index (χ1) is 9.91. The van der Waals surface area contributed by atoms with Gasteiger partial charge in [-0.2, -0.15) is 11.8 Å². The highest BCUT2D eigenvalue weighted by Crippen LogP contribution is 2.33. The summed E-state index contributed by atoms with van der Waals surface area (Å²) in [4.78, 5) is 23.1. The van der Waals surface area contributed by atoms with Crippen LogP contribution in [0.25, 0.3) is 10.9 Å². The molecule has 0 saturated carbocycles. The van der Waals surface area contributed by atoms with E-state index in [0.717, 1.165) is 6.20 Å². The normalized spacial score (nSPS) is 15.2. The maximum absolute atomic E-state index is 14.0. The predicted octanol–water partition coefficient (Wildman–Crippen LogP) is 2.40. The maximum atomic E-state index is 14.0.